The van der Waals surface area contributed by atoms with Crippen molar-refractivity contribution in [3.05, 3.63) is 18.3 Å². The average molecular weight is 285 g/mol. The first-order valence-corrected chi connectivity index (χ1v) is 7.79. The van der Waals surface area contributed by atoms with Crippen LogP contribution in [0.4, 0.5) is 5.82 Å². The predicted molar refractivity (Wildman–Crippen MR) is 77.9 cm³/mol. The lowest BCUT2D eigenvalue weighted by Crippen LogP contribution is -2.41. The van der Waals surface area contributed by atoms with E-state index in [1.165, 1.54) is 10.5 Å². The number of nitrogens with zero attached hydrogens (tertiary/aromatic N) is 3. The van der Waals surface area contributed by atoms with Crippen molar-refractivity contribution >= 4 is 15.8 Å². The summed E-state index contributed by atoms with van der Waals surface area (Å²) in [5.74, 6) is 0.736. The van der Waals surface area contributed by atoms with E-state index >= 15 is 0 Å². The number of hydrogen-bond acceptors (Lipinski definition) is 4. The van der Waals surface area contributed by atoms with Crippen LogP contribution in [0.5, 0.6) is 0 Å². The standard InChI is InChI=1S/C13H23N3O2S/c1-10(2)16(11(3)4)19(17,18)12-7-8-13(14-9-12)15(5)6/h7-11H,1-6H3. The molecule has 0 amide bonds. The minimum absolute atomic E-state index is 0.0847. The van der Waals surface area contributed by atoms with Crippen molar-refractivity contribution in [1.29, 1.82) is 0 Å². The highest BCUT2D eigenvalue weighted by Gasteiger charge is 2.29. The zero-order valence-corrected chi connectivity index (χ0v) is 13.3. The minimum atomic E-state index is -3.49. The van der Waals surface area contributed by atoms with E-state index in [4.69, 9.17) is 0 Å². The molecule has 0 unspecified atom stereocenters. The van der Waals surface area contributed by atoms with Crippen LogP contribution in [0.3, 0.4) is 0 Å². The fourth-order valence-corrected chi connectivity index (χ4v) is 3.84. The predicted octanol–water partition coefficient (Wildman–Crippen LogP) is 1.96. The largest absolute Gasteiger partial charge is 0.363 e. The van der Waals surface area contributed by atoms with Crippen molar-refractivity contribution in [2.75, 3.05) is 19.0 Å². The van der Waals surface area contributed by atoms with Crippen LogP contribution in [-0.2, 0) is 10.0 Å². The molecule has 0 bridgehead atoms. The third-order valence-electron chi connectivity index (χ3n) is 2.77. The van der Waals surface area contributed by atoms with Gasteiger partial charge in [-0.25, -0.2) is 13.4 Å². The second-order valence-corrected chi connectivity index (χ2v) is 7.11. The van der Waals surface area contributed by atoms with Crippen molar-refractivity contribution < 1.29 is 8.42 Å². The van der Waals surface area contributed by atoms with Crippen molar-refractivity contribution in [3.8, 4) is 0 Å². The third kappa shape index (κ3) is 3.45. The molecule has 0 aliphatic rings. The summed E-state index contributed by atoms with van der Waals surface area (Å²) >= 11 is 0. The Morgan fingerprint density at radius 1 is 1.05 bits per heavy atom. The maximum Gasteiger partial charge on any atom is 0.245 e. The Morgan fingerprint density at radius 2 is 1.58 bits per heavy atom. The first-order valence-electron chi connectivity index (χ1n) is 6.35. The van der Waals surface area contributed by atoms with Gasteiger partial charge < -0.3 is 4.90 Å². The molecule has 1 aromatic rings. The lowest BCUT2D eigenvalue weighted by Gasteiger charge is -2.29. The van der Waals surface area contributed by atoms with Gasteiger partial charge in [-0.05, 0) is 39.8 Å². The number of pyridine rings is 1. The number of sulfonamides is 1. The molecule has 0 saturated carbocycles. The second kappa shape index (κ2) is 5.88. The Bertz CT molecular complexity index is 499. The molecule has 0 saturated heterocycles. The lowest BCUT2D eigenvalue weighted by molar-refractivity contribution is 0.302. The molecule has 1 heterocycles. The summed E-state index contributed by atoms with van der Waals surface area (Å²) in [6.07, 6.45) is 1.42. The highest BCUT2D eigenvalue weighted by atomic mass is 32.2. The van der Waals surface area contributed by atoms with E-state index in [0.717, 1.165) is 5.82 Å². The quantitative estimate of drug-likeness (QED) is 0.830. The van der Waals surface area contributed by atoms with Gasteiger partial charge in [-0.3, -0.25) is 0 Å². The minimum Gasteiger partial charge on any atom is -0.363 e. The van der Waals surface area contributed by atoms with E-state index in [2.05, 4.69) is 4.98 Å². The van der Waals surface area contributed by atoms with Crippen molar-refractivity contribution in [3.63, 3.8) is 0 Å². The third-order valence-corrected chi connectivity index (χ3v) is 5.01. The van der Waals surface area contributed by atoms with Gasteiger partial charge in [-0.2, -0.15) is 4.31 Å². The van der Waals surface area contributed by atoms with E-state index < -0.39 is 10.0 Å². The van der Waals surface area contributed by atoms with E-state index in [9.17, 15) is 8.42 Å². The molecule has 1 rings (SSSR count). The second-order valence-electron chi connectivity index (χ2n) is 5.27. The zero-order valence-electron chi connectivity index (χ0n) is 12.5. The van der Waals surface area contributed by atoms with Crippen LogP contribution in [0.2, 0.25) is 0 Å². The average Bonchev–Trinajstić information content (AvgIpc) is 2.27. The number of rotatable bonds is 5. The van der Waals surface area contributed by atoms with Gasteiger partial charge in [-0.15, -0.1) is 0 Å². The summed E-state index contributed by atoms with van der Waals surface area (Å²) < 4.78 is 26.6. The van der Waals surface area contributed by atoms with Gasteiger partial charge >= 0.3 is 0 Å². The zero-order chi connectivity index (χ0) is 14.8. The van der Waals surface area contributed by atoms with Gasteiger partial charge in [0.15, 0.2) is 0 Å². The molecular formula is C13H23N3O2S. The van der Waals surface area contributed by atoms with E-state index in [1.807, 2.05) is 46.7 Å². The number of anilines is 1. The SMILES string of the molecule is CC(C)N(C(C)C)S(=O)(=O)c1ccc(N(C)C)nc1. The molecule has 0 aliphatic heterocycles. The van der Waals surface area contributed by atoms with Gasteiger partial charge in [0.2, 0.25) is 10.0 Å². The van der Waals surface area contributed by atoms with Crippen LogP contribution in [-0.4, -0.2) is 43.9 Å². The molecule has 0 aromatic carbocycles. The van der Waals surface area contributed by atoms with E-state index in [0.29, 0.717) is 0 Å². The Kier molecular flexibility index (Phi) is 4.92. The topological polar surface area (TPSA) is 53.5 Å². The molecular weight excluding hydrogens is 262 g/mol. The van der Waals surface area contributed by atoms with Crippen LogP contribution >= 0.6 is 0 Å². The molecule has 5 nitrogen and oxygen atoms in total. The summed E-state index contributed by atoms with van der Waals surface area (Å²) in [6.45, 7) is 7.50. The molecule has 0 spiro atoms. The molecule has 0 radical (unpaired) electrons. The van der Waals surface area contributed by atoms with Gasteiger partial charge in [0.1, 0.15) is 10.7 Å². The molecule has 0 fully saturated rings. The Labute approximate surface area is 116 Å². The van der Waals surface area contributed by atoms with Crippen LogP contribution in [0.15, 0.2) is 23.2 Å². The highest BCUT2D eigenvalue weighted by molar-refractivity contribution is 7.89. The summed E-state index contributed by atoms with van der Waals surface area (Å²) in [7, 11) is 0.243. The molecule has 1 aromatic heterocycles. The summed E-state index contributed by atoms with van der Waals surface area (Å²) in [5, 5.41) is 0. The summed E-state index contributed by atoms with van der Waals surface area (Å²) in [6, 6.07) is 3.15. The molecule has 0 atom stereocenters. The molecule has 6 heteroatoms. The Balaban J connectivity index is 3.19. The van der Waals surface area contributed by atoms with Gasteiger partial charge in [-0.1, -0.05) is 0 Å². The fourth-order valence-electron chi connectivity index (χ4n) is 2.06. The summed E-state index contributed by atoms with van der Waals surface area (Å²) in [4.78, 5) is 6.23. The Hall–Kier alpha value is -1.14. The van der Waals surface area contributed by atoms with Crippen LogP contribution < -0.4 is 4.90 Å². The first-order chi connectivity index (χ1) is 8.67. The molecule has 108 valence electrons. The van der Waals surface area contributed by atoms with Crippen molar-refractivity contribution in [2.24, 2.45) is 0 Å². The monoisotopic (exact) mass is 285 g/mol. The highest BCUT2D eigenvalue weighted by Crippen LogP contribution is 2.21. The van der Waals surface area contributed by atoms with Crippen molar-refractivity contribution in [2.45, 2.75) is 44.7 Å². The van der Waals surface area contributed by atoms with Crippen LogP contribution in [0, 0.1) is 0 Å². The van der Waals surface area contributed by atoms with Gasteiger partial charge in [0.05, 0.1) is 0 Å². The molecule has 0 aliphatic carbocycles. The normalized spacial score (nSPS) is 12.5. The van der Waals surface area contributed by atoms with Gasteiger partial charge in [0, 0.05) is 32.4 Å². The maximum atomic E-state index is 12.6. The van der Waals surface area contributed by atoms with Crippen LogP contribution in [0.1, 0.15) is 27.7 Å². The lowest BCUT2D eigenvalue weighted by atomic mass is 10.3. The summed E-state index contributed by atoms with van der Waals surface area (Å²) in [5.41, 5.74) is 0. The molecule has 19 heavy (non-hydrogen) atoms. The number of aromatic nitrogens is 1. The smallest absolute Gasteiger partial charge is 0.245 e. The van der Waals surface area contributed by atoms with E-state index in [1.54, 1.807) is 12.1 Å². The first kappa shape index (κ1) is 15.9. The van der Waals surface area contributed by atoms with Crippen LogP contribution in [0.25, 0.3) is 0 Å². The van der Waals surface area contributed by atoms with E-state index in [-0.39, 0.29) is 17.0 Å². The Morgan fingerprint density at radius 3 is 1.89 bits per heavy atom. The maximum absolute atomic E-state index is 12.6. The van der Waals surface area contributed by atoms with Crippen molar-refractivity contribution in [1.82, 2.24) is 9.29 Å². The van der Waals surface area contributed by atoms with Gasteiger partial charge in [0.25, 0.3) is 0 Å². The number of hydrogen-bond donors (Lipinski definition) is 0. The molecule has 0 N–H and O–H groups in total. The fraction of sp³-hybridized carbons (Fsp3) is 0.615.